The number of carbonyl (C=O) groups is 1. The Morgan fingerprint density at radius 2 is 1.62 bits per heavy atom. The molecule has 0 saturated heterocycles. The summed E-state index contributed by atoms with van der Waals surface area (Å²) < 4.78 is 130. The summed E-state index contributed by atoms with van der Waals surface area (Å²) in [5.74, 6) is -1.11. The summed E-state index contributed by atoms with van der Waals surface area (Å²) in [5.41, 5.74) is -8.10. The predicted molar refractivity (Wildman–Crippen MR) is 153 cm³/mol. The summed E-state index contributed by atoms with van der Waals surface area (Å²) in [6.45, 7) is 3.21. The van der Waals surface area contributed by atoms with Crippen molar-refractivity contribution in [2.24, 2.45) is 0 Å². The maximum Gasteiger partial charge on any atom is 0.430 e. The predicted octanol–water partition coefficient (Wildman–Crippen LogP) is 5.43. The molecule has 0 fully saturated rings. The molecule has 3 aromatic rings. The molecular formula is C31H29F7N2O6S. The Labute approximate surface area is 264 Å². The van der Waals surface area contributed by atoms with Crippen molar-refractivity contribution in [3.63, 3.8) is 0 Å². The highest BCUT2D eigenvalue weighted by atomic mass is 32.2. The highest BCUT2D eigenvalue weighted by Crippen LogP contribution is 2.51. The maximum absolute atomic E-state index is 14.0. The smallest absolute Gasteiger partial charge is 0.430 e. The number of hydrogen-bond donors (Lipinski definition) is 3. The van der Waals surface area contributed by atoms with Crippen molar-refractivity contribution in [3.05, 3.63) is 89.2 Å². The first-order valence-corrected chi connectivity index (χ1v) is 15.7. The zero-order chi connectivity index (χ0) is 34.7. The third-order valence-electron chi connectivity index (χ3n) is 8.40. The number of alkyl halides is 6. The van der Waals surface area contributed by atoms with Gasteiger partial charge in [-0.25, -0.2) is 12.8 Å². The molecule has 8 nitrogen and oxygen atoms in total. The summed E-state index contributed by atoms with van der Waals surface area (Å²) in [6, 6.07) is 9.45. The Morgan fingerprint density at radius 1 is 1.00 bits per heavy atom. The van der Waals surface area contributed by atoms with Crippen LogP contribution in [0.15, 0.2) is 71.6 Å². The van der Waals surface area contributed by atoms with Crippen molar-refractivity contribution < 1.29 is 58.9 Å². The number of aliphatic hydroxyl groups excluding tert-OH is 1. The number of nitrogens with zero attached hydrogens (tertiary/aromatic N) is 1. The number of hydrogen-bond acceptors (Lipinski definition) is 6. The number of carbonyl (C=O) groups excluding carboxylic acids is 1. The Morgan fingerprint density at radius 3 is 2.23 bits per heavy atom. The minimum absolute atomic E-state index is 0.237. The largest absolute Gasteiger partial charge is 0.485 e. The van der Waals surface area contributed by atoms with Crippen LogP contribution in [0.2, 0.25) is 0 Å². The first-order valence-electron chi connectivity index (χ1n) is 14.2. The number of aliphatic hydroxyl groups is 2. The van der Waals surface area contributed by atoms with Gasteiger partial charge in [-0.05, 0) is 68.7 Å². The minimum Gasteiger partial charge on any atom is -0.485 e. The van der Waals surface area contributed by atoms with E-state index in [0.717, 1.165) is 24.3 Å². The van der Waals surface area contributed by atoms with Crippen molar-refractivity contribution in [1.82, 2.24) is 5.32 Å². The van der Waals surface area contributed by atoms with Gasteiger partial charge in [0, 0.05) is 17.5 Å². The van der Waals surface area contributed by atoms with Gasteiger partial charge in [-0.2, -0.15) is 26.3 Å². The summed E-state index contributed by atoms with van der Waals surface area (Å²) in [6.07, 6.45) is -14.6. The topological polar surface area (TPSA) is 116 Å². The molecule has 0 saturated carbocycles. The molecule has 47 heavy (non-hydrogen) atoms. The Hall–Kier alpha value is -3.89. The zero-order valence-corrected chi connectivity index (χ0v) is 25.5. The van der Waals surface area contributed by atoms with Gasteiger partial charge in [0.1, 0.15) is 23.3 Å². The molecule has 2 aliphatic rings. The van der Waals surface area contributed by atoms with Gasteiger partial charge in [0.2, 0.25) is 5.91 Å². The van der Waals surface area contributed by atoms with Crippen molar-refractivity contribution in [2.45, 2.75) is 79.7 Å². The van der Waals surface area contributed by atoms with Crippen LogP contribution in [0.3, 0.4) is 0 Å². The number of anilines is 1. The Kier molecular flexibility index (Phi) is 8.55. The van der Waals surface area contributed by atoms with Crippen LogP contribution in [0.1, 0.15) is 49.4 Å². The molecule has 0 radical (unpaired) electrons. The zero-order valence-electron chi connectivity index (χ0n) is 24.7. The lowest BCUT2D eigenvalue weighted by molar-refractivity contribution is -0.376. The number of fused-ring (bicyclic) bond motifs is 2. The molecule has 2 aliphatic heterocycles. The van der Waals surface area contributed by atoms with E-state index in [1.807, 2.05) is 0 Å². The highest BCUT2D eigenvalue weighted by molar-refractivity contribution is 7.92. The summed E-state index contributed by atoms with van der Waals surface area (Å²) in [7, 11) is -4.69. The van der Waals surface area contributed by atoms with Gasteiger partial charge in [0.25, 0.3) is 15.6 Å². The summed E-state index contributed by atoms with van der Waals surface area (Å²) >= 11 is 0. The average Bonchev–Trinajstić information content (AvgIpc) is 2.97. The SMILES string of the molecule is CC1(C)Oc2ccccc2[C@@H](NC(=O)C[C@@H]2CCc3cc(C(O)(C(F)(F)F)C(F)(F)F)ccc3N2S(=O)(=O)c2ccc(F)cc2)[C@@H]1O. The van der Waals surface area contributed by atoms with Crippen molar-refractivity contribution in [1.29, 1.82) is 0 Å². The molecule has 0 aliphatic carbocycles. The van der Waals surface area contributed by atoms with E-state index in [1.54, 1.807) is 38.1 Å². The Balaban J connectivity index is 1.54. The first kappa shape index (κ1) is 34.4. The Bertz CT molecular complexity index is 1760. The van der Waals surface area contributed by atoms with Crippen LogP contribution in [-0.2, 0) is 26.8 Å². The van der Waals surface area contributed by atoms with E-state index < -0.39 is 80.4 Å². The average molecular weight is 691 g/mol. The molecular weight excluding hydrogens is 661 g/mol. The second-order valence-electron chi connectivity index (χ2n) is 11.9. The van der Waals surface area contributed by atoms with E-state index in [2.05, 4.69) is 5.32 Å². The molecule has 2 heterocycles. The van der Waals surface area contributed by atoms with Gasteiger partial charge < -0.3 is 20.3 Å². The second-order valence-corrected chi connectivity index (χ2v) is 13.7. The fraction of sp³-hybridized carbons (Fsp3) is 0.387. The van der Waals surface area contributed by atoms with Crippen LogP contribution < -0.4 is 14.4 Å². The number of aryl methyl sites for hydroxylation is 1. The van der Waals surface area contributed by atoms with Crippen LogP contribution in [-0.4, -0.2) is 54.6 Å². The lowest BCUT2D eigenvalue weighted by Crippen LogP contribution is -2.54. The number of benzene rings is 3. The third-order valence-corrected chi connectivity index (χ3v) is 10.3. The minimum atomic E-state index is -6.17. The van der Waals surface area contributed by atoms with E-state index in [4.69, 9.17) is 4.74 Å². The van der Waals surface area contributed by atoms with Crippen molar-refractivity contribution in [2.75, 3.05) is 4.31 Å². The van der Waals surface area contributed by atoms with Gasteiger partial charge >= 0.3 is 12.4 Å². The quantitative estimate of drug-likeness (QED) is 0.298. The van der Waals surface area contributed by atoms with E-state index in [1.165, 1.54) is 0 Å². The van der Waals surface area contributed by atoms with Crippen LogP contribution in [0.4, 0.5) is 36.4 Å². The van der Waals surface area contributed by atoms with E-state index in [0.29, 0.717) is 33.8 Å². The molecule has 0 bridgehead atoms. The number of ether oxygens (including phenoxy) is 1. The number of amides is 1. The fourth-order valence-electron chi connectivity index (χ4n) is 5.93. The molecule has 1 amide bonds. The standard InChI is InChI=1S/C31H29F7N2O6S/c1-28(2)27(42)26(22-5-3-4-6-24(22)46-28)39-25(41)16-20-11-7-17-15-18(29(43,30(33,34)35)31(36,37)38)8-14-23(17)40(20)47(44,45)21-12-9-19(32)10-13-21/h3-6,8-10,12-15,20,26-27,42-43H,7,11,16H2,1-2H3,(H,39,41)/t20-,26+,27-/m0/s1. The summed E-state index contributed by atoms with van der Waals surface area (Å²) in [4.78, 5) is 13.0. The van der Waals surface area contributed by atoms with Gasteiger partial charge in [0.05, 0.1) is 22.7 Å². The summed E-state index contributed by atoms with van der Waals surface area (Å²) in [5, 5.41) is 23.7. The first-order chi connectivity index (χ1) is 21.7. The molecule has 254 valence electrons. The van der Waals surface area contributed by atoms with Crippen LogP contribution in [0.5, 0.6) is 5.75 Å². The van der Waals surface area contributed by atoms with Crippen LogP contribution >= 0.6 is 0 Å². The monoisotopic (exact) mass is 690 g/mol. The second kappa shape index (κ2) is 11.7. The molecule has 3 N–H and O–H groups in total. The lowest BCUT2D eigenvalue weighted by Gasteiger charge is -2.43. The lowest BCUT2D eigenvalue weighted by atomic mass is 9.86. The highest BCUT2D eigenvalue weighted by Gasteiger charge is 2.71. The number of halogens is 7. The maximum atomic E-state index is 14.0. The number of sulfonamides is 1. The van der Waals surface area contributed by atoms with Gasteiger partial charge in [-0.15, -0.1) is 0 Å². The van der Waals surface area contributed by atoms with Gasteiger partial charge in [0.15, 0.2) is 0 Å². The number of para-hydroxylation sites is 1. The molecule has 3 atom stereocenters. The molecule has 16 heteroatoms. The fourth-order valence-corrected chi connectivity index (χ4v) is 7.65. The van der Waals surface area contributed by atoms with Crippen LogP contribution in [0, 0.1) is 5.82 Å². The third kappa shape index (κ3) is 6.02. The molecule has 0 unspecified atom stereocenters. The normalized spacial score (nSPS) is 21.3. The van der Waals surface area contributed by atoms with E-state index in [9.17, 15) is 54.2 Å². The van der Waals surface area contributed by atoms with Crippen LogP contribution in [0.25, 0.3) is 0 Å². The van der Waals surface area contributed by atoms with E-state index in [-0.39, 0.29) is 24.1 Å². The van der Waals surface area contributed by atoms with Crippen molar-refractivity contribution in [3.8, 4) is 5.75 Å². The molecule has 5 rings (SSSR count). The molecule has 0 spiro atoms. The number of rotatable bonds is 6. The van der Waals surface area contributed by atoms with E-state index >= 15 is 0 Å². The molecule has 3 aromatic carbocycles. The van der Waals surface area contributed by atoms with Gasteiger partial charge in [-0.3, -0.25) is 9.10 Å². The molecule has 0 aromatic heterocycles. The van der Waals surface area contributed by atoms with Gasteiger partial charge in [-0.1, -0.05) is 30.3 Å². The number of nitrogens with one attached hydrogen (secondary N) is 1. The van der Waals surface area contributed by atoms with Crippen molar-refractivity contribution >= 4 is 21.6 Å².